The lowest BCUT2D eigenvalue weighted by Gasteiger charge is -2.25. The van der Waals surface area contributed by atoms with E-state index in [9.17, 15) is 9.59 Å². The SMILES string of the molecule is Cc1n[nH]c(C)c1-c1ccc(NC(=O)C(NC(=O)c2ccnn2C)[C@@H]2CCc3ccc(-c4ccc5c(c4)CCNC5)cc32)cc1. The molecule has 9 nitrogen and oxygen atoms in total. The first kappa shape index (κ1) is 28.7. The molecule has 2 aliphatic rings. The number of anilines is 1. The van der Waals surface area contributed by atoms with E-state index >= 15 is 0 Å². The third kappa shape index (κ3) is 5.55. The predicted molar refractivity (Wildman–Crippen MR) is 175 cm³/mol. The second kappa shape index (κ2) is 11.8. The van der Waals surface area contributed by atoms with Crippen molar-refractivity contribution in [2.45, 2.75) is 51.6 Å². The van der Waals surface area contributed by atoms with E-state index in [4.69, 9.17) is 0 Å². The van der Waals surface area contributed by atoms with Crippen LogP contribution in [0, 0.1) is 13.8 Å². The van der Waals surface area contributed by atoms with Gasteiger partial charge < -0.3 is 16.0 Å². The number of amides is 2. The first-order valence-corrected chi connectivity index (χ1v) is 15.5. The Morgan fingerprint density at radius 3 is 2.40 bits per heavy atom. The molecule has 5 aromatic rings. The van der Waals surface area contributed by atoms with E-state index in [1.54, 1.807) is 19.3 Å². The molecule has 9 heteroatoms. The molecule has 7 rings (SSSR count). The predicted octanol–water partition coefficient (Wildman–Crippen LogP) is 5.21. The summed E-state index contributed by atoms with van der Waals surface area (Å²) in [6.45, 7) is 5.86. The maximum atomic E-state index is 14.1. The number of hydrogen-bond acceptors (Lipinski definition) is 5. The Morgan fingerprint density at radius 2 is 1.67 bits per heavy atom. The second-order valence-electron chi connectivity index (χ2n) is 12.1. The highest BCUT2D eigenvalue weighted by Gasteiger charge is 2.36. The van der Waals surface area contributed by atoms with Crippen molar-refractivity contribution in [3.63, 3.8) is 0 Å². The Bertz CT molecular complexity index is 1880. The van der Waals surface area contributed by atoms with Crippen LogP contribution in [0.2, 0.25) is 0 Å². The zero-order valence-corrected chi connectivity index (χ0v) is 25.8. The fourth-order valence-electron chi connectivity index (χ4n) is 6.89. The first-order chi connectivity index (χ1) is 21.9. The molecule has 0 bridgehead atoms. The van der Waals surface area contributed by atoms with Crippen LogP contribution in [-0.2, 0) is 31.2 Å². The number of aromatic nitrogens is 4. The minimum Gasteiger partial charge on any atom is -0.338 e. The van der Waals surface area contributed by atoms with Crippen molar-refractivity contribution in [3.05, 3.63) is 112 Å². The summed E-state index contributed by atoms with van der Waals surface area (Å²) in [7, 11) is 1.72. The van der Waals surface area contributed by atoms with Crippen molar-refractivity contribution in [2.75, 3.05) is 11.9 Å². The zero-order valence-electron chi connectivity index (χ0n) is 25.8. The Morgan fingerprint density at radius 1 is 0.911 bits per heavy atom. The fourth-order valence-corrected chi connectivity index (χ4v) is 6.89. The smallest absolute Gasteiger partial charge is 0.270 e. The average molecular weight is 600 g/mol. The lowest BCUT2D eigenvalue weighted by atomic mass is 9.89. The maximum Gasteiger partial charge on any atom is 0.270 e. The van der Waals surface area contributed by atoms with Crippen molar-refractivity contribution in [1.82, 2.24) is 30.6 Å². The number of fused-ring (bicyclic) bond motifs is 2. The van der Waals surface area contributed by atoms with Crippen LogP contribution in [0.3, 0.4) is 0 Å². The van der Waals surface area contributed by atoms with Gasteiger partial charge in [-0.05, 0) is 96.8 Å². The number of carbonyl (C=O) groups excluding carboxylic acids is 2. The van der Waals surface area contributed by atoms with Crippen LogP contribution in [0.25, 0.3) is 22.3 Å². The number of hydrogen-bond donors (Lipinski definition) is 4. The monoisotopic (exact) mass is 599 g/mol. The highest BCUT2D eigenvalue weighted by Crippen LogP contribution is 2.39. The van der Waals surface area contributed by atoms with Crippen LogP contribution in [0.4, 0.5) is 5.69 Å². The summed E-state index contributed by atoms with van der Waals surface area (Å²) < 4.78 is 1.52. The normalized spacial score (nSPS) is 16.1. The van der Waals surface area contributed by atoms with Crippen LogP contribution < -0.4 is 16.0 Å². The summed E-state index contributed by atoms with van der Waals surface area (Å²) in [5, 5.41) is 21.1. The Labute approximate surface area is 262 Å². The van der Waals surface area contributed by atoms with Gasteiger partial charge in [-0.25, -0.2) is 0 Å². The van der Waals surface area contributed by atoms with Crippen molar-refractivity contribution >= 4 is 17.5 Å². The van der Waals surface area contributed by atoms with E-state index in [0.717, 1.165) is 66.0 Å². The number of nitrogens with one attached hydrogen (secondary N) is 4. The van der Waals surface area contributed by atoms with Crippen molar-refractivity contribution in [3.8, 4) is 22.3 Å². The molecule has 2 atom stereocenters. The molecule has 0 fully saturated rings. The van der Waals surface area contributed by atoms with E-state index in [2.05, 4.69) is 67.6 Å². The molecular formula is C36H37N7O2. The van der Waals surface area contributed by atoms with Gasteiger partial charge in [0.2, 0.25) is 5.91 Å². The Balaban J connectivity index is 1.19. The fraction of sp³-hybridized carbons (Fsp3) is 0.278. The van der Waals surface area contributed by atoms with E-state index in [1.807, 2.05) is 38.1 Å². The Kier molecular flexibility index (Phi) is 7.55. The van der Waals surface area contributed by atoms with Gasteiger partial charge in [0.05, 0.1) is 5.69 Å². The molecule has 228 valence electrons. The highest BCUT2D eigenvalue weighted by atomic mass is 16.2. The van der Waals surface area contributed by atoms with Crippen molar-refractivity contribution < 1.29 is 9.59 Å². The number of rotatable bonds is 7. The highest BCUT2D eigenvalue weighted by molar-refractivity contribution is 6.01. The number of nitrogens with zero attached hydrogens (tertiary/aromatic N) is 3. The molecular weight excluding hydrogens is 562 g/mol. The van der Waals surface area contributed by atoms with Gasteiger partial charge in [-0.3, -0.25) is 19.4 Å². The van der Waals surface area contributed by atoms with E-state index in [-0.39, 0.29) is 17.7 Å². The molecule has 1 unspecified atom stereocenters. The number of carbonyl (C=O) groups is 2. The third-order valence-electron chi connectivity index (χ3n) is 9.29. The molecule has 2 amide bonds. The first-order valence-electron chi connectivity index (χ1n) is 15.5. The van der Waals surface area contributed by atoms with Crippen LogP contribution in [0.5, 0.6) is 0 Å². The van der Waals surface area contributed by atoms with Crippen LogP contribution >= 0.6 is 0 Å². The summed E-state index contributed by atoms with van der Waals surface area (Å²) in [4.78, 5) is 27.5. The molecule has 0 spiro atoms. The Hall–Kier alpha value is -5.02. The van der Waals surface area contributed by atoms with Gasteiger partial charge in [0, 0.05) is 42.7 Å². The maximum absolute atomic E-state index is 14.1. The van der Waals surface area contributed by atoms with Crippen molar-refractivity contribution in [2.24, 2.45) is 7.05 Å². The molecule has 4 N–H and O–H groups in total. The molecule has 45 heavy (non-hydrogen) atoms. The zero-order chi connectivity index (χ0) is 31.1. The number of aryl methyl sites for hydroxylation is 4. The molecule has 2 aromatic heterocycles. The van der Waals surface area contributed by atoms with Gasteiger partial charge in [-0.1, -0.05) is 48.5 Å². The molecule has 0 saturated heterocycles. The summed E-state index contributed by atoms with van der Waals surface area (Å²) >= 11 is 0. The van der Waals surface area contributed by atoms with Gasteiger partial charge in [0.15, 0.2) is 0 Å². The van der Waals surface area contributed by atoms with Crippen LogP contribution in [0.15, 0.2) is 72.9 Å². The number of H-pyrrole nitrogens is 1. The number of benzene rings is 3. The average Bonchev–Trinajstić information content (AvgIpc) is 3.77. The number of aromatic amines is 1. The second-order valence-corrected chi connectivity index (χ2v) is 12.1. The lowest BCUT2D eigenvalue weighted by Crippen LogP contribution is -2.47. The summed E-state index contributed by atoms with van der Waals surface area (Å²) in [5.41, 5.74) is 12.4. The standard InChI is InChI=1S/C36H37N7O2/c1-21-33(22(2)42-41-21)24-8-11-29(12-9-24)39-36(45)34(40-35(44)32-15-17-38-43(32)3)30-13-10-23-4-5-26(19-31(23)30)25-6-7-28-20-37-16-14-27(28)18-25/h4-9,11-12,15,17-19,30,34,37H,10,13-14,16,20H2,1-3H3,(H,39,45)(H,40,44)(H,41,42)/t30-,34?/m1/s1. The molecule has 3 heterocycles. The quantitative estimate of drug-likeness (QED) is 0.205. The largest absolute Gasteiger partial charge is 0.338 e. The van der Waals surface area contributed by atoms with E-state index in [0.29, 0.717) is 11.4 Å². The summed E-state index contributed by atoms with van der Waals surface area (Å²) in [6, 6.07) is 21.9. The lowest BCUT2D eigenvalue weighted by molar-refractivity contribution is -0.118. The van der Waals surface area contributed by atoms with Gasteiger partial charge in [-0.2, -0.15) is 10.2 Å². The minimum atomic E-state index is -0.781. The van der Waals surface area contributed by atoms with Crippen molar-refractivity contribution in [1.29, 1.82) is 0 Å². The van der Waals surface area contributed by atoms with Gasteiger partial charge in [0.25, 0.3) is 5.91 Å². The van der Waals surface area contributed by atoms with Gasteiger partial charge >= 0.3 is 0 Å². The van der Waals surface area contributed by atoms with Gasteiger partial charge in [-0.15, -0.1) is 0 Å². The van der Waals surface area contributed by atoms with E-state index in [1.165, 1.54) is 26.9 Å². The minimum absolute atomic E-state index is 0.186. The molecule has 1 aliphatic carbocycles. The van der Waals surface area contributed by atoms with Crippen LogP contribution in [-0.4, -0.2) is 44.4 Å². The molecule has 3 aromatic carbocycles. The van der Waals surface area contributed by atoms with Crippen LogP contribution in [0.1, 0.15) is 56.5 Å². The summed E-state index contributed by atoms with van der Waals surface area (Å²) in [6.07, 6.45) is 4.21. The third-order valence-corrected chi connectivity index (χ3v) is 9.29. The summed E-state index contributed by atoms with van der Waals surface area (Å²) in [5.74, 6) is -0.766. The topological polar surface area (TPSA) is 117 Å². The van der Waals surface area contributed by atoms with Gasteiger partial charge in [0.1, 0.15) is 11.7 Å². The molecule has 1 aliphatic heterocycles. The van der Waals surface area contributed by atoms with E-state index < -0.39 is 6.04 Å². The molecule has 0 radical (unpaired) electrons. The molecule has 0 saturated carbocycles.